The average molecular weight is 1030 g/mol. The lowest BCUT2D eigenvalue weighted by Crippen LogP contribution is -2.30. The van der Waals surface area contributed by atoms with Gasteiger partial charge in [0.25, 0.3) is 0 Å². The number of aliphatic hydroxyl groups is 1. The first-order valence-corrected chi connectivity index (χ1v) is 30.3. The SMILES string of the molecule is CC/C=C\C/C=C\C/C=C\CCCCCCCCCC(=O)OCC(COP(=O)(O)OCC(CO)OC(=O)CCCCCCCCCCC)OC(=O)CCCCCCCC/C=C\C/C=C\C/C=C\CCCCC. The van der Waals surface area contributed by atoms with Gasteiger partial charge in [0.2, 0.25) is 0 Å². The molecule has 0 rings (SSSR count). The average Bonchev–Trinajstić information content (AvgIpc) is 3.37. The minimum atomic E-state index is -4.75. The van der Waals surface area contributed by atoms with E-state index in [9.17, 15) is 28.9 Å². The van der Waals surface area contributed by atoms with E-state index < -0.39 is 57.8 Å². The summed E-state index contributed by atoms with van der Waals surface area (Å²) in [5.41, 5.74) is 0. The van der Waals surface area contributed by atoms with Crippen molar-refractivity contribution in [2.45, 2.75) is 264 Å². The lowest BCUT2D eigenvalue weighted by atomic mass is 10.1. The van der Waals surface area contributed by atoms with Crippen LogP contribution in [0.1, 0.15) is 252 Å². The molecule has 0 saturated heterocycles. The summed E-state index contributed by atoms with van der Waals surface area (Å²) in [5.74, 6) is -1.49. The smallest absolute Gasteiger partial charge is 0.462 e. The summed E-state index contributed by atoms with van der Waals surface area (Å²) in [5, 5.41) is 9.77. The lowest BCUT2D eigenvalue weighted by molar-refractivity contribution is -0.161. The van der Waals surface area contributed by atoms with Gasteiger partial charge in [-0.05, 0) is 89.9 Å². The van der Waals surface area contributed by atoms with Crippen molar-refractivity contribution in [2.24, 2.45) is 0 Å². The highest BCUT2D eigenvalue weighted by atomic mass is 31.2. The van der Waals surface area contributed by atoms with E-state index in [1.165, 1.54) is 70.6 Å². The Kier molecular flexibility index (Phi) is 51.9. The molecule has 3 atom stereocenters. The van der Waals surface area contributed by atoms with Crippen LogP contribution in [0.15, 0.2) is 72.9 Å². The molecule has 12 heteroatoms. The molecule has 0 fully saturated rings. The summed E-state index contributed by atoms with van der Waals surface area (Å²) in [7, 11) is -4.75. The molecule has 0 radical (unpaired) electrons. The second kappa shape index (κ2) is 54.2. The van der Waals surface area contributed by atoms with Crippen LogP contribution < -0.4 is 0 Å². The number of ether oxygens (including phenoxy) is 3. The van der Waals surface area contributed by atoms with Crippen LogP contribution in [0.2, 0.25) is 0 Å². The number of rotatable bonds is 53. The highest BCUT2D eigenvalue weighted by Gasteiger charge is 2.28. The molecule has 0 aromatic heterocycles. The molecule has 0 amide bonds. The number of esters is 3. The molecule has 0 heterocycles. The monoisotopic (exact) mass is 1030 g/mol. The fraction of sp³-hybridized carbons (Fsp3) is 0.750. The number of hydrogen-bond donors (Lipinski definition) is 2. The van der Waals surface area contributed by atoms with E-state index in [2.05, 4.69) is 93.7 Å². The first-order valence-electron chi connectivity index (χ1n) is 28.8. The fourth-order valence-electron chi connectivity index (χ4n) is 7.73. The summed E-state index contributed by atoms with van der Waals surface area (Å²) in [6.07, 6.45) is 60.1. The zero-order valence-corrected chi connectivity index (χ0v) is 46.8. The molecule has 0 aromatic rings. The Bertz CT molecular complexity index is 1490. The third-order valence-electron chi connectivity index (χ3n) is 12.1. The number of allylic oxidation sites excluding steroid dienone is 12. The molecular weight excluding hydrogens is 928 g/mol. The lowest BCUT2D eigenvalue weighted by Gasteiger charge is -2.21. The molecule has 3 unspecified atom stereocenters. The van der Waals surface area contributed by atoms with Crippen LogP contribution >= 0.6 is 7.82 Å². The van der Waals surface area contributed by atoms with E-state index in [0.717, 1.165) is 122 Å². The van der Waals surface area contributed by atoms with Crippen molar-refractivity contribution in [3.63, 3.8) is 0 Å². The van der Waals surface area contributed by atoms with E-state index in [0.29, 0.717) is 19.3 Å². The number of unbranched alkanes of at least 4 members (excludes halogenated alkanes) is 24. The van der Waals surface area contributed by atoms with Crippen molar-refractivity contribution in [1.29, 1.82) is 0 Å². The van der Waals surface area contributed by atoms with Crippen molar-refractivity contribution in [1.82, 2.24) is 0 Å². The summed E-state index contributed by atoms with van der Waals surface area (Å²) in [6, 6.07) is 0. The molecule has 0 spiro atoms. The normalized spacial score (nSPS) is 13.9. The second-order valence-electron chi connectivity index (χ2n) is 19.1. The van der Waals surface area contributed by atoms with Gasteiger partial charge in [-0.1, -0.05) is 216 Å². The first-order chi connectivity index (χ1) is 35.2. The zero-order chi connectivity index (χ0) is 52.7. The van der Waals surface area contributed by atoms with Gasteiger partial charge in [-0.15, -0.1) is 0 Å². The van der Waals surface area contributed by atoms with Crippen LogP contribution in [0.5, 0.6) is 0 Å². The summed E-state index contributed by atoms with van der Waals surface area (Å²) in [4.78, 5) is 48.5. The van der Waals surface area contributed by atoms with Crippen LogP contribution in [0.3, 0.4) is 0 Å². The predicted molar refractivity (Wildman–Crippen MR) is 298 cm³/mol. The van der Waals surface area contributed by atoms with Crippen molar-refractivity contribution < 1.29 is 52.2 Å². The third kappa shape index (κ3) is 51.8. The molecule has 0 aliphatic carbocycles. The van der Waals surface area contributed by atoms with E-state index in [-0.39, 0.29) is 25.9 Å². The van der Waals surface area contributed by atoms with Gasteiger partial charge in [0.15, 0.2) is 6.10 Å². The largest absolute Gasteiger partial charge is 0.472 e. The van der Waals surface area contributed by atoms with Gasteiger partial charge in [-0.3, -0.25) is 23.4 Å². The van der Waals surface area contributed by atoms with Crippen molar-refractivity contribution >= 4 is 25.7 Å². The van der Waals surface area contributed by atoms with Crippen molar-refractivity contribution in [3.05, 3.63) is 72.9 Å². The molecular formula is C60H105O11P. The summed E-state index contributed by atoms with van der Waals surface area (Å²) < 4.78 is 39.4. The molecule has 0 aromatic carbocycles. The number of carbonyl (C=O) groups is 3. The number of aliphatic hydroxyl groups excluding tert-OH is 1. The third-order valence-corrected chi connectivity index (χ3v) is 13.1. The Labute approximate surface area is 439 Å². The topological polar surface area (TPSA) is 155 Å². The summed E-state index contributed by atoms with van der Waals surface area (Å²) in [6.45, 7) is 4.46. The van der Waals surface area contributed by atoms with Crippen molar-refractivity contribution in [3.8, 4) is 0 Å². The van der Waals surface area contributed by atoms with Crippen LogP contribution in [-0.4, -0.2) is 66.5 Å². The van der Waals surface area contributed by atoms with Gasteiger partial charge < -0.3 is 24.2 Å². The second-order valence-corrected chi connectivity index (χ2v) is 20.5. The zero-order valence-electron chi connectivity index (χ0n) is 45.9. The maximum atomic E-state index is 12.9. The Morgan fingerprint density at radius 3 is 1.14 bits per heavy atom. The molecule has 0 aliphatic heterocycles. The highest BCUT2D eigenvalue weighted by molar-refractivity contribution is 7.47. The number of phosphoric ester groups is 1. The van der Waals surface area contributed by atoms with Gasteiger partial charge in [-0.2, -0.15) is 0 Å². The van der Waals surface area contributed by atoms with Crippen LogP contribution in [-0.2, 0) is 42.2 Å². The maximum Gasteiger partial charge on any atom is 0.472 e. The van der Waals surface area contributed by atoms with Gasteiger partial charge in [-0.25, -0.2) is 4.57 Å². The van der Waals surface area contributed by atoms with E-state index in [1.54, 1.807) is 0 Å². The minimum absolute atomic E-state index is 0.150. The standard InChI is InChI=1S/C60H105O11P/c1-4-7-10-13-16-19-21-23-25-27-28-30-32-34-36-39-42-45-48-51-60(64)71-57(53-67-58(62)49-46-43-40-38-35-33-31-29-26-24-22-20-17-14-11-8-5-2)55-69-72(65,66)68-54-56(52-61)70-59(63)50-47-44-41-37-18-15-12-9-6-3/h8,11,16-17,19-20,23-26,28,30,56-57,61H,4-7,9-10,12-15,18,21-22,27,29,31-55H2,1-3H3,(H,65,66)/b11-8-,19-16-,20-17-,25-23-,26-24-,30-28-. The van der Waals surface area contributed by atoms with Gasteiger partial charge in [0, 0.05) is 19.3 Å². The molecule has 0 bridgehead atoms. The quantitative estimate of drug-likeness (QED) is 0.0197. The molecule has 72 heavy (non-hydrogen) atoms. The van der Waals surface area contributed by atoms with Gasteiger partial charge in [0.1, 0.15) is 12.7 Å². The molecule has 0 aliphatic rings. The Hall–Kier alpha value is -3.08. The molecule has 11 nitrogen and oxygen atoms in total. The van der Waals surface area contributed by atoms with Crippen molar-refractivity contribution in [2.75, 3.05) is 26.4 Å². The number of carbonyl (C=O) groups excluding carboxylic acids is 3. The summed E-state index contributed by atoms with van der Waals surface area (Å²) >= 11 is 0. The Morgan fingerprint density at radius 1 is 0.403 bits per heavy atom. The van der Waals surface area contributed by atoms with Gasteiger partial charge in [0.05, 0.1) is 19.8 Å². The van der Waals surface area contributed by atoms with Crippen LogP contribution in [0.4, 0.5) is 0 Å². The molecule has 2 N–H and O–H groups in total. The Balaban J connectivity index is 4.75. The minimum Gasteiger partial charge on any atom is -0.462 e. The van der Waals surface area contributed by atoms with Crippen LogP contribution in [0.25, 0.3) is 0 Å². The Morgan fingerprint density at radius 2 is 0.722 bits per heavy atom. The van der Waals surface area contributed by atoms with E-state index in [1.807, 2.05) is 0 Å². The maximum absolute atomic E-state index is 12.9. The van der Waals surface area contributed by atoms with Crippen LogP contribution in [0, 0.1) is 0 Å². The fourth-order valence-corrected chi connectivity index (χ4v) is 8.51. The highest BCUT2D eigenvalue weighted by Crippen LogP contribution is 2.43. The molecule has 0 saturated carbocycles. The molecule has 416 valence electrons. The van der Waals surface area contributed by atoms with E-state index >= 15 is 0 Å². The number of phosphoric acid groups is 1. The van der Waals surface area contributed by atoms with Gasteiger partial charge >= 0.3 is 25.7 Å². The number of hydrogen-bond acceptors (Lipinski definition) is 10. The van der Waals surface area contributed by atoms with E-state index in [4.69, 9.17) is 23.3 Å². The predicted octanol–water partition coefficient (Wildman–Crippen LogP) is 16.9. The first kappa shape index (κ1) is 68.9.